The Balaban J connectivity index is 2.32. The van der Waals surface area contributed by atoms with E-state index >= 15 is 0 Å². The summed E-state index contributed by atoms with van der Waals surface area (Å²) in [6.07, 6.45) is 0.842. The van der Waals surface area contributed by atoms with Gasteiger partial charge in [0.1, 0.15) is 0 Å². The zero-order valence-electron chi connectivity index (χ0n) is 9.45. The van der Waals surface area contributed by atoms with Crippen molar-refractivity contribution in [2.45, 2.75) is 12.3 Å². The van der Waals surface area contributed by atoms with Crippen LogP contribution in [0.5, 0.6) is 11.5 Å². The molecule has 1 heterocycles. The Morgan fingerprint density at radius 2 is 2.00 bits per heavy atom. The van der Waals surface area contributed by atoms with Crippen molar-refractivity contribution in [3.63, 3.8) is 0 Å². The molecule has 0 spiro atoms. The lowest BCUT2D eigenvalue weighted by Crippen LogP contribution is -2.17. The lowest BCUT2D eigenvalue weighted by Gasteiger charge is -2.12. The van der Waals surface area contributed by atoms with E-state index in [2.05, 4.69) is 5.32 Å². The molecule has 0 saturated carbocycles. The highest BCUT2D eigenvalue weighted by Crippen LogP contribution is 2.32. The van der Waals surface area contributed by atoms with E-state index in [1.54, 1.807) is 14.2 Å². The lowest BCUT2D eigenvalue weighted by molar-refractivity contribution is -0.120. The average molecular weight is 221 g/mol. The molecule has 0 unspecified atom stereocenters. The summed E-state index contributed by atoms with van der Waals surface area (Å²) in [5, 5.41) is 2.82. The molecule has 16 heavy (non-hydrogen) atoms. The Morgan fingerprint density at radius 3 is 2.56 bits per heavy atom. The van der Waals surface area contributed by atoms with Crippen LogP contribution in [0.1, 0.15) is 17.9 Å². The SMILES string of the molecule is COc1ccc([C@H]2CCNC2=O)cc1OC. The number of hydrogen-bond acceptors (Lipinski definition) is 3. The monoisotopic (exact) mass is 221 g/mol. The third-order valence-electron chi connectivity index (χ3n) is 2.86. The van der Waals surface area contributed by atoms with Crippen LogP contribution in [-0.4, -0.2) is 26.7 Å². The molecule has 86 valence electrons. The van der Waals surface area contributed by atoms with E-state index in [4.69, 9.17) is 9.47 Å². The first-order valence-corrected chi connectivity index (χ1v) is 5.26. The van der Waals surface area contributed by atoms with E-state index < -0.39 is 0 Å². The first-order chi connectivity index (χ1) is 7.76. The summed E-state index contributed by atoms with van der Waals surface area (Å²) in [6.45, 7) is 0.748. The molecule has 0 radical (unpaired) electrons. The molecule has 0 bridgehead atoms. The molecule has 0 aliphatic carbocycles. The zero-order valence-corrected chi connectivity index (χ0v) is 9.45. The maximum Gasteiger partial charge on any atom is 0.227 e. The number of amides is 1. The van der Waals surface area contributed by atoms with E-state index in [0.717, 1.165) is 18.5 Å². The summed E-state index contributed by atoms with van der Waals surface area (Å²) in [4.78, 5) is 11.5. The van der Waals surface area contributed by atoms with Crippen LogP contribution in [0.15, 0.2) is 18.2 Å². The number of benzene rings is 1. The van der Waals surface area contributed by atoms with Crippen molar-refractivity contribution in [1.82, 2.24) is 5.32 Å². The highest BCUT2D eigenvalue weighted by molar-refractivity contribution is 5.85. The Labute approximate surface area is 94.6 Å². The number of nitrogens with one attached hydrogen (secondary N) is 1. The molecule has 2 rings (SSSR count). The van der Waals surface area contributed by atoms with E-state index in [9.17, 15) is 4.79 Å². The van der Waals surface area contributed by atoms with Crippen molar-refractivity contribution in [3.8, 4) is 11.5 Å². The minimum Gasteiger partial charge on any atom is -0.493 e. The van der Waals surface area contributed by atoms with Gasteiger partial charge in [-0.25, -0.2) is 0 Å². The third kappa shape index (κ3) is 1.83. The molecule has 1 N–H and O–H groups in total. The van der Waals surface area contributed by atoms with Gasteiger partial charge in [-0.1, -0.05) is 6.07 Å². The van der Waals surface area contributed by atoms with Crippen LogP contribution in [0.2, 0.25) is 0 Å². The zero-order chi connectivity index (χ0) is 11.5. The first kappa shape index (κ1) is 10.8. The van der Waals surface area contributed by atoms with Crippen molar-refractivity contribution in [3.05, 3.63) is 23.8 Å². The summed E-state index contributed by atoms with van der Waals surface area (Å²) in [6, 6.07) is 5.62. The predicted molar refractivity (Wildman–Crippen MR) is 59.9 cm³/mol. The van der Waals surface area contributed by atoms with Crippen LogP contribution in [-0.2, 0) is 4.79 Å². The normalized spacial score (nSPS) is 19.4. The van der Waals surface area contributed by atoms with Gasteiger partial charge in [0.05, 0.1) is 20.1 Å². The van der Waals surface area contributed by atoms with Gasteiger partial charge in [0, 0.05) is 6.54 Å². The number of hydrogen-bond donors (Lipinski definition) is 1. The minimum atomic E-state index is -0.0557. The molecule has 0 aromatic heterocycles. The van der Waals surface area contributed by atoms with Crippen molar-refractivity contribution >= 4 is 5.91 Å². The van der Waals surface area contributed by atoms with Gasteiger partial charge in [0.15, 0.2) is 11.5 Å². The molecule has 1 amide bonds. The fraction of sp³-hybridized carbons (Fsp3) is 0.417. The number of carbonyl (C=O) groups is 1. The maximum atomic E-state index is 11.5. The van der Waals surface area contributed by atoms with Crippen LogP contribution in [0.25, 0.3) is 0 Å². The second kappa shape index (κ2) is 4.43. The Hall–Kier alpha value is -1.71. The number of rotatable bonds is 3. The molecule has 1 aliphatic heterocycles. The highest BCUT2D eigenvalue weighted by atomic mass is 16.5. The van der Waals surface area contributed by atoms with E-state index in [1.807, 2.05) is 18.2 Å². The summed E-state index contributed by atoms with van der Waals surface area (Å²) in [5.41, 5.74) is 0.979. The van der Waals surface area contributed by atoms with Crippen molar-refractivity contribution < 1.29 is 14.3 Å². The summed E-state index contributed by atoms with van der Waals surface area (Å²) < 4.78 is 10.4. The van der Waals surface area contributed by atoms with E-state index in [-0.39, 0.29) is 11.8 Å². The highest BCUT2D eigenvalue weighted by Gasteiger charge is 2.26. The molecule has 1 aromatic carbocycles. The molecule has 1 fully saturated rings. The molecule has 1 aromatic rings. The van der Waals surface area contributed by atoms with Gasteiger partial charge >= 0.3 is 0 Å². The van der Waals surface area contributed by atoms with Crippen molar-refractivity contribution in [2.24, 2.45) is 0 Å². The van der Waals surface area contributed by atoms with Crippen molar-refractivity contribution in [1.29, 1.82) is 0 Å². The number of ether oxygens (including phenoxy) is 2. The van der Waals surface area contributed by atoms with Crippen LogP contribution in [0, 0.1) is 0 Å². The molecule has 4 nitrogen and oxygen atoms in total. The minimum absolute atomic E-state index is 0.0557. The first-order valence-electron chi connectivity index (χ1n) is 5.26. The summed E-state index contributed by atoms with van der Waals surface area (Å²) in [5.74, 6) is 1.39. The summed E-state index contributed by atoms with van der Waals surface area (Å²) in [7, 11) is 3.19. The molecule has 1 aliphatic rings. The van der Waals surface area contributed by atoms with Gasteiger partial charge in [0.2, 0.25) is 5.91 Å². The lowest BCUT2D eigenvalue weighted by atomic mass is 9.97. The van der Waals surface area contributed by atoms with Gasteiger partial charge < -0.3 is 14.8 Å². The van der Waals surface area contributed by atoms with Crippen LogP contribution < -0.4 is 14.8 Å². The third-order valence-corrected chi connectivity index (χ3v) is 2.86. The number of methoxy groups -OCH3 is 2. The van der Waals surface area contributed by atoms with Gasteiger partial charge in [-0.3, -0.25) is 4.79 Å². The van der Waals surface area contributed by atoms with Gasteiger partial charge in [-0.05, 0) is 24.1 Å². The Bertz CT molecular complexity index is 403. The molecular weight excluding hydrogens is 206 g/mol. The molecule has 1 saturated heterocycles. The van der Waals surface area contributed by atoms with Gasteiger partial charge in [0.25, 0.3) is 0 Å². The molecular formula is C12H15NO3. The van der Waals surface area contributed by atoms with E-state index in [0.29, 0.717) is 11.5 Å². The topological polar surface area (TPSA) is 47.6 Å². The predicted octanol–water partition coefficient (Wildman–Crippen LogP) is 1.31. The largest absolute Gasteiger partial charge is 0.493 e. The fourth-order valence-electron chi connectivity index (χ4n) is 1.98. The maximum absolute atomic E-state index is 11.5. The van der Waals surface area contributed by atoms with Gasteiger partial charge in [-0.2, -0.15) is 0 Å². The second-order valence-electron chi connectivity index (χ2n) is 3.75. The van der Waals surface area contributed by atoms with Gasteiger partial charge in [-0.15, -0.1) is 0 Å². The quantitative estimate of drug-likeness (QED) is 0.837. The molecule has 4 heteroatoms. The van der Waals surface area contributed by atoms with Crippen molar-refractivity contribution in [2.75, 3.05) is 20.8 Å². The Morgan fingerprint density at radius 1 is 1.25 bits per heavy atom. The summed E-state index contributed by atoms with van der Waals surface area (Å²) >= 11 is 0. The smallest absolute Gasteiger partial charge is 0.227 e. The Kier molecular flexibility index (Phi) is 2.99. The van der Waals surface area contributed by atoms with E-state index in [1.165, 1.54) is 0 Å². The second-order valence-corrected chi connectivity index (χ2v) is 3.75. The standard InChI is InChI=1S/C12H15NO3/c1-15-10-4-3-8(7-11(10)16-2)9-5-6-13-12(9)14/h3-4,7,9H,5-6H2,1-2H3,(H,13,14)/t9-/m1/s1. The van der Waals surface area contributed by atoms with Crippen LogP contribution in [0.4, 0.5) is 0 Å². The molecule has 1 atom stereocenters. The fourth-order valence-corrected chi connectivity index (χ4v) is 1.98. The average Bonchev–Trinajstić information content (AvgIpc) is 2.74. The van der Waals surface area contributed by atoms with Crippen LogP contribution >= 0.6 is 0 Å². The number of carbonyl (C=O) groups excluding carboxylic acids is 1. The van der Waals surface area contributed by atoms with Crippen LogP contribution in [0.3, 0.4) is 0 Å².